The van der Waals surface area contributed by atoms with E-state index < -0.39 is 27.3 Å². The summed E-state index contributed by atoms with van der Waals surface area (Å²) in [4.78, 5) is 18.5. The quantitative estimate of drug-likeness (QED) is 0.650. The van der Waals surface area contributed by atoms with Crippen molar-refractivity contribution >= 4 is 27.5 Å². The number of amides is 1. The molecule has 0 saturated heterocycles. The molecule has 2 spiro atoms. The third-order valence-electron chi connectivity index (χ3n) is 7.94. The van der Waals surface area contributed by atoms with Crippen molar-refractivity contribution < 1.29 is 22.3 Å². The van der Waals surface area contributed by atoms with Gasteiger partial charge in [-0.25, -0.2) is 14.1 Å². The first-order valence-electron chi connectivity index (χ1n) is 10.8. The number of imidazole rings is 1. The molecule has 2 N–H and O–H groups in total. The summed E-state index contributed by atoms with van der Waals surface area (Å²) < 4.78 is 46.9. The standard InChI is InChI=1S/C22H23ClFN3O4S/c23-15-1-14(19(28)27-32(29,30)18-6-25-12-26-18)16(24)2-17(15)31-11-22-5-13-3-20(9-22)7-21(4-13,8-20)10-22/h1-2,6,12-13H,3-5,7-11H2,(H,25,26)(H,27,28). The number of nitrogens with one attached hydrogen (secondary N) is 2. The van der Waals surface area contributed by atoms with E-state index in [0.29, 0.717) is 17.4 Å². The van der Waals surface area contributed by atoms with Crippen molar-refractivity contribution in [3.8, 4) is 5.75 Å². The minimum Gasteiger partial charge on any atom is -0.491 e. The third kappa shape index (κ3) is 3.08. The fourth-order valence-corrected chi connectivity index (χ4v) is 8.99. The molecule has 4 bridgehead atoms. The summed E-state index contributed by atoms with van der Waals surface area (Å²) in [5, 5.41) is -0.301. The first-order valence-corrected chi connectivity index (χ1v) is 12.6. The van der Waals surface area contributed by atoms with Crippen LogP contribution in [0.25, 0.3) is 0 Å². The fraction of sp³-hybridized carbons (Fsp3) is 0.545. The molecule has 10 heteroatoms. The van der Waals surface area contributed by atoms with Gasteiger partial charge in [-0.2, -0.15) is 8.42 Å². The van der Waals surface area contributed by atoms with Crippen LogP contribution in [0.1, 0.15) is 55.3 Å². The van der Waals surface area contributed by atoms with Crippen LogP contribution in [0.15, 0.2) is 29.7 Å². The first-order chi connectivity index (χ1) is 15.1. The Balaban J connectivity index is 1.18. The van der Waals surface area contributed by atoms with Crippen LogP contribution in [0, 0.1) is 28.0 Å². The second-order valence-electron chi connectivity index (χ2n) is 10.6. The number of carbonyl (C=O) groups excluding carboxylic acids is 1. The van der Waals surface area contributed by atoms with Crippen molar-refractivity contribution in [2.24, 2.45) is 22.2 Å². The van der Waals surface area contributed by atoms with Crippen molar-refractivity contribution in [2.45, 2.75) is 50.0 Å². The maximum Gasteiger partial charge on any atom is 0.283 e. The molecule has 7 aliphatic rings. The summed E-state index contributed by atoms with van der Waals surface area (Å²) in [7, 11) is -4.23. The molecule has 0 unspecified atom stereocenters. The Morgan fingerprint density at radius 2 is 1.94 bits per heavy atom. The third-order valence-corrected chi connectivity index (χ3v) is 9.46. The Kier molecular flexibility index (Phi) is 4.14. The highest BCUT2D eigenvalue weighted by molar-refractivity contribution is 7.90. The van der Waals surface area contributed by atoms with E-state index in [1.807, 2.05) is 0 Å². The highest BCUT2D eigenvalue weighted by Gasteiger charge is 2.71. The highest BCUT2D eigenvalue weighted by atomic mass is 35.5. The van der Waals surface area contributed by atoms with E-state index in [4.69, 9.17) is 16.3 Å². The molecule has 1 heterocycles. The van der Waals surface area contributed by atoms with Gasteiger partial charge in [-0.3, -0.25) is 4.79 Å². The Labute approximate surface area is 190 Å². The molecule has 1 amide bonds. The predicted octanol–water partition coefficient (Wildman–Crippen LogP) is 4.06. The molecular formula is C22H23ClFN3O4S. The molecule has 9 rings (SSSR count). The molecule has 0 aliphatic heterocycles. The number of rotatable bonds is 6. The van der Waals surface area contributed by atoms with Gasteiger partial charge in [0.1, 0.15) is 11.6 Å². The molecule has 2 aromatic rings. The predicted molar refractivity (Wildman–Crippen MR) is 113 cm³/mol. The second-order valence-corrected chi connectivity index (χ2v) is 12.6. The maximum atomic E-state index is 14.7. The fourth-order valence-electron chi connectivity index (χ4n) is 7.90. The van der Waals surface area contributed by atoms with Crippen molar-refractivity contribution in [3.63, 3.8) is 0 Å². The van der Waals surface area contributed by atoms with E-state index in [1.54, 1.807) is 4.72 Å². The number of hydrogen-bond donors (Lipinski definition) is 2. The van der Waals surface area contributed by atoms with Gasteiger partial charge in [0.15, 0.2) is 5.03 Å². The average Bonchev–Trinajstić information content (AvgIpc) is 3.21. The number of sulfonamides is 1. The summed E-state index contributed by atoms with van der Waals surface area (Å²) in [6.45, 7) is 0.491. The van der Waals surface area contributed by atoms with Crippen molar-refractivity contribution in [3.05, 3.63) is 41.1 Å². The van der Waals surface area contributed by atoms with Gasteiger partial charge in [-0.1, -0.05) is 11.6 Å². The van der Waals surface area contributed by atoms with Gasteiger partial charge in [-0.15, -0.1) is 0 Å². The van der Waals surface area contributed by atoms with Gasteiger partial charge in [0.2, 0.25) is 0 Å². The molecule has 7 fully saturated rings. The molecule has 1 aromatic heterocycles. The number of nitrogens with zero attached hydrogens (tertiary/aromatic N) is 1. The molecule has 0 radical (unpaired) electrons. The van der Waals surface area contributed by atoms with Crippen LogP contribution in [-0.2, 0) is 10.0 Å². The summed E-state index contributed by atoms with van der Waals surface area (Å²) in [5.74, 6) is -1.07. The van der Waals surface area contributed by atoms with Crippen LogP contribution in [-0.4, -0.2) is 30.9 Å². The molecule has 32 heavy (non-hydrogen) atoms. The Bertz CT molecular complexity index is 1190. The number of benzene rings is 1. The second kappa shape index (κ2) is 6.47. The molecule has 7 aliphatic carbocycles. The van der Waals surface area contributed by atoms with E-state index in [-0.39, 0.29) is 21.2 Å². The minimum atomic E-state index is -4.23. The van der Waals surface area contributed by atoms with Gasteiger partial charge < -0.3 is 9.72 Å². The average molecular weight is 480 g/mol. The molecule has 1 aromatic carbocycles. The van der Waals surface area contributed by atoms with Crippen molar-refractivity contribution in [1.29, 1.82) is 0 Å². The maximum absolute atomic E-state index is 14.7. The van der Waals surface area contributed by atoms with E-state index in [1.165, 1.54) is 38.5 Å². The zero-order chi connectivity index (χ0) is 22.4. The number of halogens is 2. The van der Waals surface area contributed by atoms with Gasteiger partial charge in [0.05, 0.1) is 23.5 Å². The summed E-state index contributed by atoms with van der Waals surface area (Å²) in [6, 6.07) is 2.17. The Hall–Kier alpha value is -2.13. The van der Waals surface area contributed by atoms with E-state index >= 15 is 0 Å². The van der Waals surface area contributed by atoms with Crippen LogP contribution < -0.4 is 9.46 Å². The van der Waals surface area contributed by atoms with Crippen LogP contribution >= 0.6 is 11.6 Å². The summed E-state index contributed by atoms with van der Waals surface area (Å²) >= 11 is 6.30. The molecular weight excluding hydrogens is 457 g/mol. The lowest BCUT2D eigenvalue weighted by Gasteiger charge is -2.76. The number of H-pyrrole nitrogens is 1. The van der Waals surface area contributed by atoms with E-state index in [2.05, 4.69) is 9.97 Å². The number of aromatic nitrogens is 2. The summed E-state index contributed by atoms with van der Waals surface area (Å²) in [6.07, 6.45) is 11.2. The van der Waals surface area contributed by atoms with E-state index in [9.17, 15) is 17.6 Å². The van der Waals surface area contributed by atoms with E-state index in [0.717, 1.165) is 37.0 Å². The van der Waals surface area contributed by atoms with Crippen LogP contribution in [0.3, 0.4) is 0 Å². The lowest BCUT2D eigenvalue weighted by Crippen LogP contribution is -2.67. The van der Waals surface area contributed by atoms with Crippen LogP contribution in [0.4, 0.5) is 4.39 Å². The summed E-state index contributed by atoms with van der Waals surface area (Å²) in [5.41, 5.74) is 0.653. The number of hydrogen-bond acceptors (Lipinski definition) is 5. The molecule has 7 nitrogen and oxygen atoms in total. The molecule has 170 valence electrons. The zero-order valence-corrected chi connectivity index (χ0v) is 18.9. The van der Waals surface area contributed by atoms with Crippen molar-refractivity contribution in [1.82, 2.24) is 14.7 Å². The smallest absolute Gasteiger partial charge is 0.283 e. The van der Waals surface area contributed by atoms with Gasteiger partial charge in [0, 0.05) is 17.7 Å². The minimum absolute atomic E-state index is 0.0694. The lowest BCUT2D eigenvalue weighted by molar-refractivity contribution is -0.262. The normalized spacial score (nSPS) is 34.2. The Morgan fingerprint density at radius 1 is 1.22 bits per heavy atom. The molecule has 0 atom stereocenters. The van der Waals surface area contributed by atoms with Crippen LogP contribution in [0.2, 0.25) is 5.02 Å². The monoisotopic (exact) mass is 479 g/mol. The zero-order valence-electron chi connectivity index (χ0n) is 17.3. The number of carbonyl (C=O) groups is 1. The van der Waals surface area contributed by atoms with Crippen molar-refractivity contribution in [2.75, 3.05) is 6.61 Å². The van der Waals surface area contributed by atoms with Gasteiger partial charge in [0.25, 0.3) is 15.9 Å². The first kappa shape index (κ1) is 20.5. The molecule has 7 saturated carbocycles. The van der Waals surface area contributed by atoms with Crippen LogP contribution in [0.5, 0.6) is 5.75 Å². The number of aromatic amines is 1. The SMILES string of the molecule is O=C(NS(=O)(=O)c1c[nH]cn1)c1cc(Cl)c(OCC23CC4CC5(C2)CC(C4)(C3)C5)cc1F. The number of ether oxygens (including phenoxy) is 1. The Morgan fingerprint density at radius 3 is 2.56 bits per heavy atom. The topological polar surface area (TPSA) is 101 Å². The largest absolute Gasteiger partial charge is 0.491 e. The van der Waals surface area contributed by atoms with Gasteiger partial charge in [-0.05, 0) is 67.8 Å². The van der Waals surface area contributed by atoms with Gasteiger partial charge >= 0.3 is 0 Å². The lowest BCUT2D eigenvalue weighted by atomic mass is 9.29. The highest BCUT2D eigenvalue weighted by Crippen LogP contribution is 2.80.